The molecule has 0 bridgehead atoms. The molecule has 0 aliphatic carbocycles. The van der Waals surface area contributed by atoms with Crippen LogP contribution in [0.1, 0.15) is 10.4 Å². The molecule has 0 aromatic heterocycles. The van der Waals surface area contributed by atoms with Gasteiger partial charge in [0.2, 0.25) is 0 Å². The van der Waals surface area contributed by atoms with Gasteiger partial charge in [-0.15, -0.1) is 0 Å². The number of carbonyl (C=O) groups is 1. The fraction of sp³-hybridized carbons (Fsp3) is 0.0714. The van der Waals surface area contributed by atoms with Gasteiger partial charge in [-0.25, -0.2) is 12.8 Å². The zero-order chi connectivity index (χ0) is 15.6. The normalized spacial score (nSPS) is 11.2. The van der Waals surface area contributed by atoms with E-state index in [1.807, 2.05) is 6.07 Å². The van der Waals surface area contributed by atoms with Crippen LogP contribution in [0.4, 0.5) is 10.1 Å². The van der Waals surface area contributed by atoms with Gasteiger partial charge < -0.3 is 5.32 Å². The van der Waals surface area contributed by atoms with Crippen molar-refractivity contribution < 1.29 is 17.6 Å². The van der Waals surface area contributed by atoms with E-state index in [4.69, 9.17) is 0 Å². The maximum absolute atomic E-state index is 13.7. The minimum absolute atomic E-state index is 0.0538. The summed E-state index contributed by atoms with van der Waals surface area (Å²) in [7, 11) is -3.47. The lowest BCUT2D eigenvalue weighted by Crippen LogP contribution is -2.13. The van der Waals surface area contributed by atoms with E-state index in [1.54, 1.807) is 18.2 Å². The highest BCUT2D eigenvalue weighted by Gasteiger charge is 2.14. The number of hydrogen-bond donors (Lipinski definition) is 1. The Kier molecular flexibility index (Phi) is 4.62. The van der Waals surface area contributed by atoms with Crippen LogP contribution < -0.4 is 5.32 Å². The van der Waals surface area contributed by atoms with Crippen molar-refractivity contribution in [3.8, 4) is 0 Å². The van der Waals surface area contributed by atoms with Crippen molar-refractivity contribution in [2.45, 2.75) is 4.90 Å². The average Bonchev–Trinajstić information content (AvgIpc) is 2.40. The van der Waals surface area contributed by atoms with E-state index in [-0.39, 0.29) is 10.6 Å². The van der Waals surface area contributed by atoms with Crippen molar-refractivity contribution in [2.24, 2.45) is 0 Å². The molecule has 2 rings (SSSR count). The Hall–Kier alpha value is -1.48. The van der Waals surface area contributed by atoms with Crippen LogP contribution in [-0.2, 0) is 9.84 Å². The average molecular weight is 419 g/mol. The number of nitrogens with one attached hydrogen (secondary N) is 1. The molecular formula is C14H11FINO3S. The maximum atomic E-state index is 13.7. The van der Waals surface area contributed by atoms with Gasteiger partial charge in [0.05, 0.1) is 10.6 Å². The van der Waals surface area contributed by atoms with Crippen molar-refractivity contribution in [3.05, 3.63) is 57.4 Å². The van der Waals surface area contributed by atoms with Crippen LogP contribution >= 0.6 is 22.6 Å². The number of amides is 1. The van der Waals surface area contributed by atoms with Crippen LogP contribution in [0.25, 0.3) is 0 Å². The number of sulfone groups is 1. The molecule has 0 saturated carbocycles. The second-order valence-electron chi connectivity index (χ2n) is 4.38. The number of carbonyl (C=O) groups excluding carboxylic acids is 1. The zero-order valence-electron chi connectivity index (χ0n) is 10.9. The van der Waals surface area contributed by atoms with Gasteiger partial charge in [-0.3, -0.25) is 4.79 Å². The van der Waals surface area contributed by atoms with Crippen molar-refractivity contribution in [1.29, 1.82) is 0 Å². The summed E-state index contributed by atoms with van der Waals surface area (Å²) in [4.78, 5) is 12.0. The molecule has 0 saturated heterocycles. The number of rotatable bonds is 3. The summed E-state index contributed by atoms with van der Waals surface area (Å²) in [5, 5.41) is 2.38. The first-order chi connectivity index (χ1) is 9.77. The van der Waals surface area contributed by atoms with Crippen LogP contribution in [0, 0.1) is 9.39 Å². The molecule has 0 fully saturated rings. The smallest absolute Gasteiger partial charge is 0.255 e. The molecule has 0 radical (unpaired) electrons. The van der Waals surface area contributed by atoms with Crippen LogP contribution in [0.5, 0.6) is 0 Å². The molecule has 4 nitrogen and oxygen atoms in total. The van der Waals surface area contributed by atoms with Crippen molar-refractivity contribution in [3.63, 3.8) is 0 Å². The minimum Gasteiger partial charge on any atom is -0.319 e. The predicted octanol–water partition coefficient (Wildman–Crippen LogP) is 3.09. The first-order valence-corrected chi connectivity index (χ1v) is 8.81. The molecule has 110 valence electrons. The first-order valence-electron chi connectivity index (χ1n) is 5.84. The summed E-state index contributed by atoms with van der Waals surface area (Å²) in [5.74, 6) is -1.19. The highest BCUT2D eigenvalue weighted by molar-refractivity contribution is 14.1. The van der Waals surface area contributed by atoms with Gasteiger partial charge in [-0.05, 0) is 59.0 Å². The second-order valence-corrected chi connectivity index (χ2v) is 7.64. The van der Waals surface area contributed by atoms with Crippen LogP contribution in [-0.4, -0.2) is 20.6 Å². The summed E-state index contributed by atoms with van der Waals surface area (Å²) in [6.45, 7) is 0. The van der Waals surface area contributed by atoms with E-state index in [9.17, 15) is 17.6 Å². The zero-order valence-corrected chi connectivity index (χ0v) is 13.9. The Balaban J connectivity index is 2.33. The lowest BCUT2D eigenvalue weighted by atomic mass is 10.2. The van der Waals surface area contributed by atoms with E-state index < -0.39 is 21.6 Å². The van der Waals surface area contributed by atoms with Gasteiger partial charge in [0.15, 0.2) is 9.84 Å². The maximum Gasteiger partial charge on any atom is 0.255 e. The van der Waals surface area contributed by atoms with Gasteiger partial charge in [0, 0.05) is 15.4 Å². The van der Waals surface area contributed by atoms with Gasteiger partial charge in [0.1, 0.15) is 5.82 Å². The number of hydrogen-bond acceptors (Lipinski definition) is 3. The molecule has 0 aliphatic heterocycles. The topological polar surface area (TPSA) is 63.2 Å². The third-order valence-corrected chi connectivity index (χ3v) is 4.48. The number of halogens is 2. The molecule has 7 heteroatoms. The molecule has 2 aromatic carbocycles. The van der Waals surface area contributed by atoms with Crippen LogP contribution in [0.2, 0.25) is 0 Å². The fourth-order valence-electron chi connectivity index (χ4n) is 1.66. The summed E-state index contributed by atoms with van der Waals surface area (Å²) in [6, 6.07) is 10.1. The first kappa shape index (κ1) is 15.9. The van der Waals surface area contributed by atoms with Crippen molar-refractivity contribution in [2.75, 3.05) is 11.6 Å². The van der Waals surface area contributed by atoms with E-state index in [2.05, 4.69) is 27.9 Å². The Bertz CT molecular complexity index is 806. The van der Waals surface area contributed by atoms with Crippen LogP contribution in [0.3, 0.4) is 0 Å². The molecule has 21 heavy (non-hydrogen) atoms. The standard InChI is InChI=1S/C14H11FINO3S/c1-21(19,20)11-5-6-12(15)13(8-11)17-14(18)9-3-2-4-10(16)7-9/h2-8H,1H3,(H,17,18). The quantitative estimate of drug-likeness (QED) is 0.615. The van der Waals surface area contributed by atoms with Gasteiger partial charge in [-0.2, -0.15) is 0 Å². The lowest BCUT2D eigenvalue weighted by Gasteiger charge is -2.08. The molecule has 0 unspecified atom stereocenters. The van der Waals surface area contributed by atoms with Gasteiger partial charge in [0.25, 0.3) is 5.91 Å². The van der Waals surface area contributed by atoms with E-state index >= 15 is 0 Å². The molecule has 0 spiro atoms. The third kappa shape index (κ3) is 4.01. The third-order valence-electron chi connectivity index (χ3n) is 2.70. The molecule has 0 heterocycles. The summed E-state index contributed by atoms with van der Waals surface area (Å²) in [6.07, 6.45) is 1.02. The minimum atomic E-state index is -3.47. The summed E-state index contributed by atoms with van der Waals surface area (Å²) >= 11 is 2.06. The van der Waals surface area contributed by atoms with Crippen molar-refractivity contribution in [1.82, 2.24) is 0 Å². The Morgan fingerprint density at radius 2 is 1.90 bits per heavy atom. The molecule has 2 aromatic rings. The number of benzene rings is 2. The largest absolute Gasteiger partial charge is 0.319 e. The van der Waals surface area contributed by atoms with Crippen LogP contribution in [0.15, 0.2) is 47.4 Å². The molecule has 0 atom stereocenters. The van der Waals surface area contributed by atoms with Gasteiger partial charge in [-0.1, -0.05) is 6.07 Å². The summed E-state index contributed by atoms with van der Waals surface area (Å²) < 4.78 is 37.5. The van der Waals surface area contributed by atoms with Gasteiger partial charge >= 0.3 is 0 Å². The number of anilines is 1. The monoisotopic (exact) mass is 419 g/mol. The molecule has 1 N–H and O–H groups in total. The molecule has 0 aliphatic rings. The highest BCUT2D eigenvalue weighted by Crippen LogP contribution is 2.20. The van der Waals surface area contributed by atoms with E-state index in [0.717, 1.165) is 28.0 Å². The highest BCUT2D eigenvalue weighted by atomic mass is 127. The SMILES string of the molecule is CS(=O)(=O)c1ccc(F)c(NC(=O)c2cccc(I)c2)c1. The molecule has 1 amide bonds. The Morgan fingerprint density at radius 3 is 2.52 bits per heavy atom. The fourth-order valence-corrected chi connectivity index (χ4v) is 2.85. The Labute approximate surface area is 135 Å². The van der Waals surface area contributed by atoms with Crippen molar-refractivity contribution >= 4 is 44.0 Å². The Morgan fingerprint density at radius 1 is 1.19 bits per heavy atom. The molecular weight excluding hydrogens is 408 g/mol. The second kappa shape index (κ2) is 6.10. The van der Waals surface area contributed by atoms with E-state index in [0.29, 0.717) is 5.56 Å². The summed E-state index contributed by atoms with van der Waals surface area (Å²) in [5.41, 5.74) is 0.202. The predicted molar refractivity (Wildman–Crippen MR) is 86.6 cm³/mol. The lowest BCUT2D eigenvalue weighted by molar-refractivity contribution is 0.102. The van der Waals surface area contributed by atoms with E-state index in [1.165, 1.54) is 0 Å².